The molecule has 2 rings (SSSR count). The molecule has 0 aliphatic rings. The fraction of sp³-hybridized carbons (Fsp3) is 0.250. The summed E-state index contributed by atoms with van der Waals surface area (Å²) in [5.74, 6) is 0.714. The fourth-order valence-electron chi connectivity index (χ4n) is 1.39. The van der Waals surface area contributed by atoms with Gasteiger partial charge < -0.3 is 10.4 Å². The number of nitrogens with one attached hydrogen (secondary N) is 1. The normalized spacial score (nSPS) is 10.2. The van der Waals surface area contributed by atoms with Gasteiger partial charge in [-0.2, -0.15) is 0 Å². The van der Waals surface area contributed by atoms with E-state index in [-0.39, 0.29) is 6.61 Å². The van der Waals surface area contributed by atoms with Crippen molar-refractivity contribution < 1.29 is 5.11 Å². The number of hydrogen-bond acceptors (Lipinski definition) is 5. The van der Waals surface area contributed by atoms with Crippen molar-refractivity contribution >= 4 is 5.82 Å². The first kappa shape index (κ1) is 11.5. The van der Waals surface area contributed by atoms with Crippen LogP contribution in [0.3, 0.4) is 0 Å². The number of aliphatic hydroxyl groups excluding tert-OH is 1. The van der Waals surface area contributed by atoms with Crippen LogP contribution in [0.25, 0.3) is 11.3 Å². The van der Waals surface area contributed by atoms with E-state index >= 15 is 0 Å². The highest BCUT2D eigenvalue weighted by atomic mass is 16.3. The Morgan fingerprint density at radius 3 is 2.76 bits per heavy atom. The van der Waals surface area contributed by atoms with Crippen LogP contribution in [0.1, 0.15) is 6.42 Å². The summed E-state index contributed by atoms with van der Waals surface area (Å²) in [6.07, 6.45) is 4.18. The SMILES string of the molecule is OCCCNc1ccc(-c2cccnc2)nn1. The fourth-order valence-corrected chi connectivity index (χ4v) is 1.39. The van der Waals surface area contributed by atoms with Gasteiger partial charge in [-0.1, -0.05) is 0 Å². The van der Waals surface area contributed by atoms with Gasteiger partial charge in [-0.15, -0.1) is 10.2 Å². The van der Waals surface area contributed by atoms with Crippen LogP contribution in [0.4, 0.5) is 5.82 Å². The number of rotatable bonds is 5. The Labute approximate surface area is 99.6 Å². The molecule has 2 aromatic heterocycles. The molecule has 5 heteroatoms. The van der Waals surface area contributed by atoms with Crippen molar-refractivity contribution in [2.45, 2.75) is 6.42 Å². The smallest absolute Gasteiger partial charge is 0.148 e. The summed E-state index contributed by atoms with van der Waals surface area (Å²) in [7, 11) is 0. The molecule has 0 aromatic carbocycles. The van der Waals surface area contributed by atoms with E-state index in [0.717, 1.165) is 11.3 Å². The zero-order valence-corrected chi connectivity index (χ0v) is 9.37. The van der Waals surface area contributed by atoms with Crippen molar-refractivity contribution in [1.82, 2.24) is 15.2 Å². The van der Waals surface area contributed by atoms with Gasteiger partial charge in [0.1, 0.15) is 5.82 Å². The maximum Gasteiger partial charge on any atom is 0.148 e. The number of hydrogen-bond donors (Lipinski definition) is 2. The van der Waals surface area contributed by atoms with Crippen molar-refractivity contribution in [3.05, 3.63) is 36.7 Å². The molecule has 2 heterocycles. The number of aliphatic hydroxyl groups is 1. The molecule has 5 nitrogen and oxygen atoms in total. The Balaban J connectivity index is 2.03. The number of aromatic nitrogens is 3. The van der Waals surface area contributed by atoms with Crippen LogP contribution in [0.2, 0.25) is 0 Å². The minimum Gasteiger partial charge on any atom is -0.396 e. The van der Waals surface area contributed by atoms with Crippen LogP contribution in [0.5, 0.6) is 0 Å². The molecule has 0 unspecified atom stereocenters. The highest BCUT2D eigenvalue weighted by Gasteiger charge is 2.00. The number of anilines is 1. The van der Waals surface area contributed by atoms with Crippen LogP contribution >= 0.6 is 0 Å². The maximum atomic E-state index is 8.65. The predicted octanol–water partition coefficient (Wildman–Crippen LogP) is 1.33. The van der Waals surface area contributed by atoms with Gasteiger partial charge in [0.25, 0.3) is 0 Å². The summed E-state index contributed by atoms with van der Waals surface area (Å²) in [5.41, 5.74) is 1.74. The molecule has 17 heavy (non-hydrogen) atoms. The van der Waals surface area contributed by atoms with Crippen molar-refractivity contribution in [2.24, 2.45) is 0 Å². The molecule has 0 aliphatic heterocycles. The molecule has 0 radical (unpaired) electrons. The number of nitrogens with zero attached hydrogens (tertiary/aromatic N) is 3. The molecule has 2 aromatic rings. The molecular formula is C12H14N4O. The van der Waals surface area contributed by atoms with Crippen molar-refractivity contribution in [1.29, 1.82) is 0 Å². The van der Waals surface area contributed by atoms with Gasteiger partial charge in [-0.25, -0.2) is 0 Å². The topological polar surface area (TPSA) is 70.9 Å². The summed E-state index contributed by atoms with van der Waals surface area (Å²) in [6.45, 7) is 0.867. The molecule has 2 N–H and O–H groups in total. The summed E-state index contributed by atoms with van der Waals surface area (Å²) < 4.78 is 0. The van der Waals surface area contributed by atoms with Crippen molar-refractivity contribution in [2.75, 3.05) is 18.5 Å². The second-order valence-electron chi connectivity index (χ2n) is 3.55. The van der Waals surface area contributed by atoms with E-state index in [4.69, 9.17) is 5.11 Å². The monoisotopic (exact) mass is 230 g/mol. The lowest BCUT2D eigenvalue weighted by molar-refractivity contribution is 0.292. The third-order valence-corrected chi connectivity index (χ3v) is 2.26. The first-order chi connectivity index (χ1) is 8.40. The lowest BCUT2D eigenvalue weighted by Crippen LogP contribution is -2.05. The zero-order chi connectivity index (χ0) is 11.9. The molecular weight excluding hydrogens is 216 g/mol. The van der Waals surface area contributed by atoms with Gasteiger partial charge in [0.05, 0.1) is 5.69 Å². The van der Waals surface area contributed by atoms with Crippen molar-refractivity contribution in [3.8, 4) is 11.3 Å². The van der Waals surface area contributed by atoms with E-state index < -0.39 is 0 Å². The lowest BCUT2D eigenvalue weighted by atomic mass is 10.2. The van der Waals surface area contributed by atoms with Gasteiger partial charge in [0.15, 0.2) is 0 Å². The molecule has 0 spiro atoms. The summed E-state index contributed by atoms with van der Waals surface area (Å²) in [4.78, 5) is 4.03. The quantitative estimate of drug-likeness (QED) is 0.758. The molecule has 0 saturated carbocycles. The largest absolute Gasteiger partial charge is 0.396 e. The molecule has 88 valence electrons. The maximum absolute atomic E-state index is 8.65. The third kappa shape index (κ3) is 3.22. The Morgan fingerprint density at radius 1 is 1.18 bits per heavy atom. The highest BCUT2D eigenvalue weighted by Crippen LogP contribution is 2.14. The van der Waals surface area contributed by atoms with Gasteiger partial charge in [0.2, 0.25) is 0 Å². The second-order valence-corrected chi connectivity index (χ2v) is 3.55. The third-order valence-electron chi connectivity index (χ3n) is 2.26. The van der Waals surface area contributed by atoms with E-state index in [1.54, 1.807) is 12.4 Å². The Hall–Kier alpha value is -2.01. The van der Waals surface area contributed by atoms with Gasteiger partial charge >= 0.3 is 0 Å². The number of pyridine rings is 1. The first-order valence-electron chi connectivity index (χ1n) is 5.49. The summed E-state index contributed by atoms with van der Waals surface area (Å²) in [5, 5.41) is 19.9. The minimum atomic E-state index is 0.175. The Kier molecular flexibility index (Phi) is 3.99. The van der Waals surface area contributed by atoms with E-state index in [2.05, 4.69) is 20.5 Å². The van der Waals surface area contributed by atoms with E-state index in [1.807, 2.05) is 24.3 Å². The average molecular weight is 230 g/mol. The van der Waals surface area contributed by atoms with E-state index in [1.165, 1.54) is 0 Å². The Morgan fingerprint density at radius 2 is 2.12 bits per heavy atom. The molecule has 0 aliphatic carbocycles. The molecule has 0 bridgehead atoms. The highest BCUT2D eigenvalue weighted by molar-refractivity contribution is 5.57. The lowest BCUT2D eigenvalue weighted by Gasteiger charge is -2.04. The summed E-state index contributed by atoms with van der Waals surface area (Å²) in [6, 6.07) is 7.57. The average Bonchev–Trinajstić information content (AvgIpc) is 2.41. The van der Waals surface area contributed by atoms with E-state index in [0.29, 0.717) is 18.8 Å². The Bertz CT molecular complexity index is 444. The second kappa shape index (κ2) is 5.91. The van der Waals surface area contributed by atoms with Crippen LogP contribution in [-0.2, 0) is 0 Å². The first-order valence-corrected chi connectivity index (χ1v) is 5.49. The van der Waals surface area contributed by atoms with Crippen LogP contribution in [0, 0.1) is 0 Å². The van der Waals surface area contributed by atoms with E-state index in [9.17, 15) is 0 Å². The molecule has 0 amide bonds. The van der Waals surface area contributed by atoms with Gasteiger partial charge in [0, 0.05) is 31.1 Å². The summed E-state index contributed by atoms with van der Waals surface area (Å²) >= 11 is 0. The van der Waals surface area contributed by atoms with Gasteiger partial charge in [-0.3, -0.25) is 4.98 Å². The van der Waals surface area contributed by atoms with Crippen LogP contribution in [0.15, 0.2) is 36.7 Å². The standard InChI is InChI=1S/C12H14N4O/c17-8-2-7-14-12-5-4-11(15-16-12)10-3-1-6-13-9-10/h1,3-6,9,17H,2,7-8H2,(H,14,16). The molecule has 0 saturated heterocycles. The predicted molar refractivity (Wildman–Crippen MR) is 65.5 cm³/mol. The van der Waals surface area contributed by atoms with Crippen LogP contribution < -0.4 is 5.32 Å². The molecule has 0 atom stereocenters. The zero-order valence-electron chi connectivity index (χ0n) is 9.37. The van der Waals surface area contributed by atoms with Gasteiger partial charge in [-0.05, 0) is 30.7 Å². The minimum absolute atomic E-state index is 0.175. The van der Waals surface area contributed by atoms with Crippen molar-refractivity contribution in [3.63, 3.8) is 0 Å². The van der Waals surface area contributed by atoms with Crippen LogP contribution in [-0.4, -0.2) is 33.4 Å². The molecule has 0 fully saturated rings.